The van der Waals surface area contributed by atoms with Gasteiger partial charge in [-0.05, 0) is 57.5 Å². The third kappa shape index (κ3) is 3.99. The second kappa shape index (κ2) is 8.67. The van der Waals surface area contributed by atoms with Crippen LogP contribution in [0.3, 0.4) is 0 Å². The predicted octanol–water partition coefficient (Wildman–Crippen LogP) is 3.89. The molecule has 0 radical (unpaired) electrons. The number of carbonyl (C=O) groups is 1. The van der Waals surface area contributed by atoms with Crippen molar-refractivity contribution in [3.05, 3.63) is 89.1 Å². The van der Waals surface area contributed by atoms with Crippen molar-refractivity contribution in [2.75, 3.05) is 7.11 Å². The lowest BCUT2D eigenvalue weighted by Gasteiger charge is -2.21. The zero-order valence-electron chi connectivity index (χ0n) is 20.4. The summed E-state index contributed by atoms with van der Waals surface area (Å²) in [7, 11) is -2.68. The van der Waals surface area contributed by atoms with Crippen LogP contribution in [0.1, 0.15) is 40.5 Å². The first-order valence-corrected chi connectivity index (χ1v) is 13.0. The highest BCUT2D eigenvalue weighted by atomic mass is 32.2. The number of carbonyl (C=O) groups excluding carboxylic acids is 1. The van der Waals surface area contributed by atoms with Crippen molar-refractivity contribution in [2.45, 2.75) is 43.4 Å². The second-order valence-electron chi connectivity index (χ2n) is 9.22. The SMILES string of the molecule is COc1ccc(C)cc1[C@@]1(C(=O)NS(=O)(=O)c2cccc3nc(C)ccc23)C[C@H]1c1cnc(C)cn1. The summed E-state index contributed by atoms with van der Waals surface area (Å²) in [5, 5.41) is 0.447. The summed E-state index contributed by atoms with van der Waals surface area (Å²) in [6.07, 6.45) is 3.67. The molecule has 36 heavy (non-hydrogen) atoms. The molecule has 1 aliphatic carbocycles. The van der Waals surface area contributed by atoms with E-state index in [1.165, 1.54) is 13.2 Å². The van der Waals surface area contributed by atoms with Crippen LogP contribution in [0.25, 0.3) is 10.9 Å². The number of nitrogens with zero attached hydrogens (tertiary/aromatic N) is 3. The van der Waals surface area contributed by atoms with Gasteiger partial charge in [-0.15, -0.1) is 0 Å². The summed E-state index contributed by atoms with van der Waals surface area (Å²) >= 11 is 0. The smallest absolute Gasteiger partial charge is 0.264 e. The number of rotatable bonds is 6. The number of fused-ring (bicyclic) bond motifs is 1. The van der Waals surface area contributed by atoms with Gasteiger partial charge in [0, 0.05) is 35.0 Å². The number of benzene rings is 2. The van der Waals surface area contributed by atoms with Crippen LogP contribution >= 0.6 is 0 Å². The molecule has 0 bridgehead atoms. The molecule has 2 aromatic heterocycles. The summed E-state index contributed by atoms with van der Waals surface area (Å²) in [5.74, 6) is -0.468. The molecular formula is C27H26N4O4S. The third-order valence-corrected chi connectivity index (χ3v) is 8.10. The number of pyridine rings is 1. The molecule has 2 heterocycles. The van der Waals surface area contributed by atoms with Gasteiger partial charge in [0.1, 0.15) is 5.75 Å². The molecular weight excluding hydrogens is 476 g/mol. The van der Waals surface area contributed by atoms with Crippen LogP contribution in [0.4, 0.5) is 0 Å². The molecule has 8 nitrogen and oxygen atoms in total. The van der Waals surface area contributed by atoms with E-state index in [0.717, 1.165) is 17.0 Å². The van der Waals surface area contributed by atoms with Gasteiger partial charge in [-0.2, -0.15) is 0 Å². The maximum absolute atomic E-state index is 13.9. The van der Waals surface area contributed by atoms with Crippen LogP contribution in [0.2, 0.25) is 0 Å². The number of hydrogen-bond donors (Lipinski definition) is 1. The number of aromatic nitrogens is 3. The van der Waals surface area contributed by atoms with Crippen molar-refractivity contribution in [3.63, 3.8) is 0 Å². The van der Waals surface area contributed by atoms with E-state index >= 15 is 0 Å². The first-order chi connectivity index (χ1) is 17.2. The summed E-state index contributed by atoms with van der Waals surface area (Å²) in [5.41, 5.74) is 3.07. The number of nitrogens with one attached hydrogen (secondary N) is 1. The van der Waals surface area contributed by atoms with Crippen LogP contribution < -0.4 is 9.46 Å². The third-order valence-electron chi connectivity index (χ3n) is 6.71. The average molecular weight is 503 g/mol. The largest absolute Gasteiger partial charge is 0.496 e. The van der Waals surface area contributed by atoms with E-state index in [9.17, 15) is 13.2 Å². The molecule has 2 aromatic carbocycles. The Labute approximate surface area is 209 Å². The van der Waals surface area contributed by atoms with Gasteiger partial charge in [0.25, 0.3) is 10.0 Å². The molecule has 1 saturated carbocycles. The number of amides is 1. The lowest BCUT2D eigenvalue weighted by atomic mass is 9.89. The molecule has 9 heteroatoms. The van der Waals surface area contributed by atoms with Crippen molar-refractivity contribution < 1.29 is 17.9 Å². The molecule has 184 valence electrons. The Morgan fingerprint density at radius 3 is 2.56 bits per heavy atom. The lowest BCUT2D eigenvalue weighted by Crippen LogP contribution is -2.40. The molecule has 0 saturated heterocycles. The fourth-order valence-electron chi connectivity index (χ4n) is 4.78. The maximum atomic E-state index is 13.9. The van der Waals surface area contributed by atoms with Crippen LogP contribution in [-0.4, -0.2) is 36.4 Å². The fraction of sp³-hybridized carbons (Fsp3) is 0.259. The zero-order valence-corrected chi connectivity index (χ0v) is 21.3. The highest BCUT2D eigenvalue weighted by Gasteiger charge is 2.64. The van der Waals surface area contributed by atoms with Gasteiger partial charge in [0.05, 0.1) is 34.3 Å². The van der Waals surface area contributed by atoms with Crippen LogP contribution in [0.15, 0.2) is 65.8 Å². The second-order valence-corrected chi connectivity index (χ2v) is 10.9. The van der Waals surface area contributed by atoms with E-state index in [1.807, 2.05) is 32.9 Å². The highest BCUT2D eigenvalue weighted by molar-refractivity contribution is 7.90. The first-order valence-electron chi connectivity index (χ1n) is 11.5. The van der Waals surface area contributed by atoms with Crippen LogP contribution in [-0.2, 0) is 20.2 Å². The van der Waals surface area contributed by atoms with Crippen molar-refractivity contribution in [1.82, 2.24) is 19.7 Å². The normalized spacial score (nSPS) is 19.2. The molecule has 0 unspecified atom stereocenters. The van der Waals surface area contributed by atoms with Crippen molar-refractivity contribution in [3.8, 4) is 5.75 Å². The minimum atomic E-state index is -4.21. The molecule has 1 fully saturated rings. The van der Waals surface area contributed by atoms with E-state index in [4.69, 9.17) is 4.74 Å². The average Bonchev–Trinajstić information content (AvgIpc) is 3.60. The molecule has 1 amide bonds. The number of aryl methyl sites for hydroxylation is 3. The van der Waals surface area contributed by atoms with Crippen LogP contribution in [0, 0.1) is 20.8 Å². The zero-order chi connectivity index (χ0) is 25.7. The molecule has 5 rings (SSSR count). The maximum Gasteiger partial charge on any atom is 0.264 e. The lowest BCUT2D eigenvalue weighted by molar-refractivity contribution is -0.122. The molecule has 1 N–H and O–H groups in total. The number of methoxy groups -OCH3 is 1. The van der Waals surface area contributed by atoms with Gasteiger partial charge in [0.15, 0.2) is 0 Å². The highest BCUT2D eigenvalue weighted by Crippen LogP contribution is 2.62. The van der Waals surface area contributed by atoms with Gasteiger partial charge in [-0.3, -0.25) is 19.7 Å². The van der Waals surface area contributed by atoms with E-state index in [-0.39, 0.29) is 10.8 Å². The van der Waals surface area contributed by atoms with Crippen molar-refractivity contribution >= 4 is 26.8 Å². The number of hydrogen-bond acceptors (Lipinski definition) is 7. The first kappa shape index (κ1) is 23.9. The van der Waals surface area contributed by atoms with Crippen molar-refractivity contribution in [1.29, 1.82) is 0 Å². The van der Waals surface area contributed by atoms with Gasteiger partial charge in [-0.25, -0.2) is 13.1 Å². The Balaban J connectivity index is 1.59. The Kier molecular flexibility index (Phi) is 5.75. The Hall–Kier alpha value is -3.85. The molecule has 2 atom stereocenters. The van der Waals surface area contributed by atoms with Gasteiger partial charge in [0.2, 0.25) is 5.91 Å². The standard InChI is InChI=1S/C27H26N4O4S/c1-16-8-11-24(35-4)20(12-16)27(13-21(27)23-15-28-18(3)14-29-23)26(32)31-36(33,34)25-7-5-6-22-19(25)10-9-17(2)30-22/h5-12,14-15,21H,13H2,1-4H3,(H,31,32)/t21-,27-/m0/s1. The van der Waals surface area contributed by atoms with Gasteiger partial charge >= 0.3 is 0 Å². The number of ether oxygens (including phenoxy) is 1. The topological polar surface area (TPSA) is 111 Å². The number of sulfonamides is 1. The molecule has 0 spiro atoms. The Morgan fingerprint density at radius 1 is 1.03 bits per heavy atom. The quantitative estimate of drug-likeness (QED) is 0.426. The predicted molar refractivity (Wildman–Crippen MR) is 135 cm³/mol. The molecule has 0 aliphatic heterocycles. The monoisotopic (exact) mass is 502 g/mol. The molecule has 1 aliphatic rings. The summed E-state index contributed by atoms with van der Waals surface area (Å²) in [6.45, 7) is 5.59. The summed E-state index contributed by atoms with van der Waals surface area (Å²) < 4.78 is 35.0. The summed E-state index contributed by atoms with van der Waals surface area (Å²) in [6, 6.07) is 13.8. The van der Waals surface area contributed by atoms with Crippen molar-refractivity contribution in [2.24, 2.45) is 0 Å². The van der Waals surface area contributed by atoms with Crippen LogP contribution in [0.5, 0.6) is 5.75 Å². The van der Waals surface area contributed by atoms with Gasteiger partial charge < -0.3 is 4.74 Å². The summed E-state index contributed by atoms with van der Waals surface area (Å²) in [4.78, 5) is 27.2. The Morgan fingerprint density at radius 2 is 1.83 bits per heavy atom. The fourth-order valence-corrected chi connectivity index (χ4v) is 6.03. The van der Waals surface area contributed by atoms with E-state index in [2.05, 4.69) is 19.7 Å². The van der Waals surface area contributed by atoms with E-state index in [1.54, 1.807) is 42.7 Å². The van der Waals surface area contributed by atoms with E-state index in [0.29, 0.717) is 34.3 Å². The minimum absolute atomic E-state index is 0.000431. The van der Waals surface area contributed by atoms with E-state index < -0.39 is 21.3 Å². The molecule has 4 aromatic rings. The minimum Gasteiger partial charge on any atom is -0.496 e. The Bertz CT molecular complexity index is 1600. The van der Waals surface area contributed by atoms with Gasteiger partial charge in [-0.1, -0.05) is 23.8 Å².